The Morgan fingerprint density at radius 2 is 1.94 bits per heavy atom. The molecule has 0 aliphatic rings. The summed E-state index contributed by atoms with van der Waals surface area (Å²) in [6.07, 6.45) is 4.40. The number of ether oxygens (including phenoxy) is 1. The topological polar surface area (TPSA) is 49.7 Å². The molecule has 0 fully saturated rings. The van der Waals surface area contributed by atoms with Gasteiger partial charge >= 0.3 is 0 Å². The van der Waals surface area contributed by atoms with Crippen molar-refractivity contribution in [2.45, 2.75) is 13.3 Å². The molecule has 0 aromatic heterocycles. The smallest absolute Gasteiger partial charge is 0.119 e. The van der Waals surface area contributed by atoms with Gasteiger partial charge in [-0.3, -0.25) is 0 Å². The van der Waals surface area contributed by atoms with Crippen LogP contribution in [0.15, 0.2) is 30.3 Å². The molecule has 2 N–H and O–H groups in total. The molecule has 0 amide bonds. The highest BCUT2D eigenvalue weighted by Crippen LogP contribution is 2.14. The van der Waals surface area contributed by atoms with E-state index >= 15 is 0 Å². The summed E-state index contributed by atoms with van der Waals surface area (Å²) in [6.45, 7) is 2.87. The highest BCUT2D eigenvalue weighted by atomic mass is 16.5. The van der Waals surface area contributed by atoms with E-state index in [-0.39, 0.29) is 19.1 Å². The van der Waals surface area contributed by atoms with Gasteiger partial charge in [-0.1, -0.05) is 31.2 Å². The van der Waals surface area contributed by atoms with E-state index in [9.17, 15) is 0 Å². The largest absolute Gasteiger partial charge is 0.494 e. The van der Waals surface area contributed by atoms with Crippen LogP contribution >= 0.6 is 0 Å². The average Bonchev–Trinajstić information content (AvgIpc) is 2.37. The standard InChI is InChI=1S/C14H20O3/c1-12(11-16)8-10-17-14-6-4-13(5-7-14)3-2-9-15/h2-7,12,15-16H,8-11H2,1H3/b3-2+/t12-/m0/s1. The third kappa shape index (κ3) is 5.52. The highest BCUT2D eigenvalue weighted by molar-refractivity contribution is 5.50. The van der Waals surface area contributed by atoms with E-state index in [4.69, 9.17) is 14.9 Å². The summed E-state index contributed by atoms with van der Waals surface area (Å²) in [7, 11) is 0. The van der Waals surface area contributed by atoms with Gasteiger partial charge in [0.1, 0.15) is 5.75 Å². The lowest BCUT2D eigenvalue weighted by atomic mass is 10.1. The molecule has 0 aliphatic heterocycles. The van der Waals surface area contributed by atoms with Gasteiger partial charge in [0.25, 0.3) is 0 Å². The van der Waals surface area contributed by atoms with E-state index in [1.165, 1.54) is 0 Å². The second kappa shape index (κ2) is 7.87. The lowest BCUT2D eigenvalue weighted by Gasteiger charge is -2.09. The molecule has 3 heteroatoms. The summed E-state index contributed by atoms with van der Waals surface area (Å²) in [5, 5.41) is 17.5. The fourth-order valence-electron chi connectivity index (χ4n) is 1.33. The number of benzene rings is 1. The quantitative estimate of drug-likeness (QED) is 0.762. The Labute approximate surface area is 102 Å². The van der Waals surface area contributed by atoms with E-state index in [0.717, 1.165) is 17.7 Å². The van der Waals surface area contributed by atoms with Crippen LogP contribution < -0.4 is 4.74 Å². The van der Waals surface area contributed by atoms with Gasteiger partial charge in [-0.15, -0.1) is 0 Å². The van der Waals surface area contributed by atoms with Crippen LogP contribution in [0.1, 0.15) is 18.9 Å². The van der Waals surface area contributed by atoms with Crippen LogP contribution in [0.25, 0.3) is 6.08 Å². The molecule has 1 atom stereocenters. The van der Waals surface area contributed by atoms with Gasteiger partial charge in [-0.2, -0.15) is 0 Å². The van der Waals surface area contributed by atoms with Gasteiger partial charge in [0.15, 0.2) is 0 Å². The Bertz CT molecular complexity index is 330. The molecular formula is C14H20O3. The van der Waals surface area contributed by atoms with Gasteiger partial charge in [0.2, 0.25) is 0 Å². The van der Waals surface area contributed by atoms with E-state index in [1.807, 2.05) is 37.3 Å². The summed E-state index contributed by atoms with van der Waals surface area (Å²) < 4.78 is 5.55. The molecule has 1 aromatic carbocycles. The predicted molar refractivity (Wildman–Crippen MR) is 68.9 cm³/mol. The number of hydrogen-bond donors (Lipinski definition) is 2. The van der Waals surface area contributed by atoms with Crippen LogP contribution in [0, 0.1) is 5.92 Å². The second-order valence-corrected chi connectivity index (χ2v) is 4.08. The van der Waals surface area contributed by atoms with Crippen molar-refractivity contribution in [1.82, 2.24) is 0 Å². The molecule has 1 rings (SSSR count). The zero-order valence-corrected chi connectivity index (χ0v) is 10.2. The van der Waals surface area contributed by atoms with Crippen LogP contribution in [0.3, 0.4) is 0 Å². The number of hydrogen-bond acceptors (Lipinski definition) is 3. The van der Waals surface area contributed by atoms with Gasteiger partial charge in [0, 0.05) is 6.61 Å². The number of rotatable bonds is 7. The lowest BCUT2D eigenvalue weighted by Crippen LogP contribution is -2.07. The Balaban J connectivity index is 2.37. The summed E-state index contributed by atoms with van der Waals surface area (Å²) in [5.41, 5.74) is 1.04. The van der Waals surface area contributed by atoms with E-state index in [0.29, 0.717) is 6.61 Å². The Kier molecular flexibility index (Phi) is 6.37. The van der Waals surface area contributed by atoms with Crippen molar-refractivity contribution in [3.05, 3.63) is 35.9 Å². The number of aliphatic hydroxyl groups is 2. The zero-order valence-electron chi connectivity index (χ0n) is 10.2. The minimum Gasteiger partial charge on any atom is -0.494 e. The molecule has 0 saturated heterocycles. The Morgan fingerprint density at radius 3 is 2.53 bits per heavy atom. The molecule has 0 heterocycles. The van der Waals surface area contributed by atoms with Crippen molar-refractivity contribution >= 4 is 6.08 Å². The number of aliphatic hydroxyl groups excluding tert-OH is 2. The summed E-state index contributed by atoms with van der Waals surface area (Å²) in [5.74, 6) is 1.11. The monoisotopic (exact) mass is 236 g/mol. The zero-order chi connectivity index (χ0) is 12.5. The molecule has 0 saturated carbocycles. The van der Waals surface area contributed by atoms with Gasteiger partial charge in [-0.05, 0) is 30.0 Å². The second-order valence-electron chi connectivity index (χ2n) is 4.08. The van der Waals surface area contributed by atoms with E-state index in [2.05, 4.69) is 0 Å². The maximum absolute atomic E-state index is 8.87. The van der Waals surface area contributed by atoms with Gasteiger partial charge in [0.05, 0.1) is 13.2 Å². The molecule has 94 valence electrons. The Morgan fingerprint density at radius 1 is 1.24 bits per heavy atom. The third-order valence-corrected chi connectivity index (χ3v) is 2.49. The maximum atomic E-state index is 8.87. The molecule has 17 heavy (non-hydrogen) atoms. The summed E-state index contributed by atoms with van der Waals surface area (Å²) >= 11 is 0. The fourth-order valence-corrected chi connectivity index (χ4v) is 1.33. The molecular weight excluding hydrogens is 216 g/mol. The fraction of sp³-hybridized carbons (Fsp3) is 0.429. The van der Waals surface area contributed by atoms with Crippen LogP contribution in [0.2, 0.25) is 0 Å². The minimum atomic E-state index is 0.0529. The third-order valence-electron chi connectivity index (χ3n) is 2.49. The predicted octanol–water partition coefficient (Wildman–Crippen LogP) is 2.09. The first kappa shape index (κ1) is 13.7. The van der Waals surface area contributed by atoms with Crippen LogP contribution in [-0.2, 0) is 0 Å². The normalized spacial score (nSPS) is 12.9. The molecule has 0 unspecified atom stereocenters. The van der Waals surface area contributed by atoms with Crippen molar-refractivity contribution in [3.8, 4) is 5.75 Å². The van der Waals surface area contributed by atoms with Crippen molar-refractivity contribution in [1.29, 1.82) is 0 Å². The van der Waals surface area contributed by atoms with Crippen molar-refractivity contribution in [3.63, 3.8) is 0 Å². The molecule has 0 bridgehead atoms. The highest BCUT2D eigenvalue weighted by Gasteiger charge is 2.00. The summed E-state index contributed by atoms with van der Waals surface area (Å²) in [6, 6.07) is 7.69. The first-order valence-corrected chi connectivity index (χ1v) is 5.87. The Hall–Kier alpha value is -1.32. The molecule has 1 aromatic rings. The molecule has 3 nitrogen and oxygen atoms in total. The van der Waals surface area contributed by atoms with Crippen molar-refractivity contribution < 1.29 is 14.9 Å². The maximum Gasteiger partial charge on any atom is 0.119 e. The minimum absolute atomic E-state index is 0.0529. The van der Waals surface area contributed by atoms with Crippen LogP contribution in [0.5, 0.6) is 5.75 Å². The van der Waals surface area contributed by atoms with Crippen molar-refractivity contribution in [2.24, 2.45) is 5.92 Å². The lowest BCUT2D eigenvalue weighted by molar-refractivity contribution is 0.202. The first-order chi connectivity index (χ1) is 8.26. The molecule has 0 radical (unpaired) electrons. The van der Waals surface area contributed by atoms with E-state index in [1.54, 1.807) is 6.08 Å². The van der Waals surface area contributed by atoms with Gasteiger partial charge in [-0.25, -0.2) is 0 Å². The van der Waals surface area contributed by atoms with Crippen LogP contribution in [-0.4, -0.2) is 30.0 Å². The van der Waals surface area contributed by atoms with E-state index < -0.39 is 0 Å². The van der Waals surface area contributed by atoms with Crippen LogP contribution in [0.4, 0.5) is 0 Å². The SMILES string of the molecule is C[C@H](CO)CCOc1ccc(/C=C/CO)cc1. The first-order valence-electron chi connectivity index (χ1n) is 5.87. The van der Waals surface area contributed by atoms with Gasteiger partial charge < -0.3 is 14.9 Å². The molecule has 0 spiro atoms. The molecule has 0 aliphatic carbocycles. The average molecular weight is 236 g/mol. The summed E-state index contributed by atoms with van der Waals surface area (Å²) in [4.78, 5) is 0. The van der Waals surface area contributed by atoms with Crippen molar-refractivity contribution in [2.75, 3.05) is 19.8 Å².